The predicted molar refractivity (Wildman–Crippen MR) is 112 cm³/mol. The molecule has 0 atom stereocenters. The molecule has 0 aliphatic rings. The zero-order valence-corrected chi connectivity index (χ0v) is 18.4. The third-order valence-electron chi connectivity index (χ3n) is 4.28. The molecule has 0 fully saturated rings. The largest absolute Gasteiger partial charge is 0.365 e. The lowest BCUT2D eigenvalue weighted by atomic mass is 10.0. The van der Waals surface area contributed by atoms with Crippen LogP contribution < -0.4 is 0 Å². The highest BCUT2D eigenvalue weighted by atomic mass is 35.8. The Balaban J connectivity index is 3.07. The molecule has 138 valence electrons. The van der Waals surface area contributed by atoms with E-state index in [4.69, 9.17) is 33.2 Å². The zero-order valence-electron chi connectivity index (χ0n) is 15.1. The summed E-state index contributed by atoms with van der Waals surface area (Å²) in [5.41, 5.74) is 1.79. The summed E-state index contributed by atoms with van der Waals surface area (Å²) in [7, 11) is 0. The summed E-state index contributed by atoms with van der Waals surface area (Å²) >= 11 is 17.4. The van der Waals surface area contributed by atoms with Gasteiger partial charge < -0.3 is 0 Å². The van der Waals surface area contributed by atoms with Crippen LogP contribution >= 0.6 is 33.2 Å². The Kier molecular flexibility index (Phi) is 18.3. The van der Waals surface area contributed by atoms with Crippen molar-refractivity contribution < 1.29 is 0 Å². The van der Waals surface area contributed by atoms with E-state index in [1.807, 2.05) is 6.08 Å². The molecular formula is C19H37Cl3Si. The Labute approximate surface area is 160 Å². The molecule has 0 spiro atoms. The molecule has 0 amide bonds. The molecule has 0 aromatic carbocycles. The lowest BCUT2D eigenvalue weighted by Gasteiger charge is -2.03. The average molecular weight is 400 g/mol. The van der Waals surface area contributed by atoms with E-state index in [0.29, 0.717) is 0 Å². The van der Waals surface area contributed by atoms with Crippen LogP contribution in [0.2, 0.25) is 0 Å². The molecule has 4 heteroatoms. The number of allylic oxidation sites excluding steroid dienone is 1. The number of hydrogen-bond donors (Lipinski definition) is 0. The van der Waals surface area contributed by atoms with E-state index in [-0.39, 0.29) is 0 Å². The van der Waals surface area contributed by atoms with Crippen molar-refractivity contribution in [1.82, 2.24) is 0 Å². The number of hydrogen-bond acceptors (Lipinski definition) is 0. The molecule has 0 unspecified atom stereocenters. The molecule has 0 N–H and O–H groups in total. The van der Waals surface area contributed by atoms with E-state index in [1.54, 1.807) is 5.70 Å². The van der Waals surface area contributed by atoms with Crippen molar-refractivity contribution in [3.63, 3.8) is 0 Å². The summed E-state index contributed by atoms with van der Waals surface area (Å²) in [6, 6.07) is -2.53. The molecular weight excluding hydrogens is 363 g/mol. The van der Waals surface area contributed by atoms with E-state index in [9.17, 15) is 0 Å². The third kappa shape index (κ3) is 22.8. The van der Waals surface area contributed by atoms with Crippen LogP contribution in [0.15, 0.2) is 11.8 Å². The highest BCUT2D eigenvalue weighted by Crippen LogP contribution is 2.21. The van der Waals surface area contributed by atoms with Gasteiger partial charge in [0, 0.05) is 0 Å². The molecule has 0 aliphatic carbocycles. The molecule has 0 heterocycles. The van der Waals surface area contributed by atoms with Crippen molar-refractivity contribution in [2.75, 3.05) is 0 Å². The van der Waals surface area contributed by atoms with Crippen molar-refractivity contribution in [2.45, 2.75) is 110 Å². The quantitative estimate of drug-likeness (QED) is 0.130. The number of halogens is 3. The van der Waals surface area contributed by atoms with Gasteiger partial charge in [0.15, 0.2) is 0 Å². The minimum Gasteiger partial charge on any atom is -0.121 e. The summed E-state index contributed by atoms with van der Waals surface area (Å²) in [5.74, 6) is 0. The van der Waals surface area contributed by atoms with Crippen molar-refractivity contribution in [3.05, 3.63) is 11.8 Å². The second-order valence-corrected chi connectivity index (χ2v) is 15.2. The summed E-state index contributed by atoms with van der Waals surface area (Å²) in [4.78, 5) is 0. The first-order valence-electron chi connectivity index (χ1n) is 9.80. The van der Waals surface area contributed by atoms with E-state index in [1.165, 1.54) is 96.3 Å². The van der Waals surface area contributed by atoms with Crippen molar-refractivity contribution >= 4 is 39.2 Å². The van der Waals surface area contributed by atoms with Gasteiger partial charge in [0.05, 0.1) is 0 Å². The monoisotopic (exact) mass is 398 g/mol. The molecule has 0 bridgehead atoms. The maximum atomic E-state index is 5.79. The molecule has 0 nitrogen and oxygen atoms in total. The standard InChI is InChI=1S/C19H37Cl3Si/c1-2-3-4-5-6-7-8-9-10-11-12-13-14-15-16-17-18-19-23(20,21)22/h18-19H,2-17H2,1H3. The van der Waals surface area contributed by atoms with Gasteiger partial charge >= 0.3 is 6.00 Å². The zero-order chi connectivity index (χ0) is 17.2. The van der Waals surface area contributed by atoms with Crippen molar-refractivity contribution in [2.24, 2.45) is 0 Å². The molecule has 0 rings (SSSR count). The molecule has 0 radical (unpaired) electrons. The summed E-state index contributed by atoms with van der Waals surface area (Å²) < 4.78 is 0. The third-order valence-corrected chi connectivity index (χ3v) is 6.03. The van der Waals surface area contributed by atoms with Crippen LogP contribution in [0, 0.1) is 0 Å². The lowest BCUT2D eigenvalue weighted by Crippen LogP contribution is -2.02. The van der Waals surface area contributed by atoms with Gasteiger partial charge in [-0.25, -0.2) is 0 Å². The Hall–Kier alpha value is 0.827. The van der Waals surface area contributed by atoms with E-state index in [0.717, 1.165) is 6.42 Å². The Morgan fingerprint density at radius 3 is 1.26 bits per heavy atom. The van der Waals surface area contributed by atoms with E-state index >= 15 is 0 Å². The van der Waals surface area contributed by atoms with Gasteiger partial charge in [0.25, 0.3) is 0 Å². The maximum absolute atomic E-state index is 5.79. The SMILES string of the molecule is CCCCCCCCCCCCCCCCCC=C[Si](Cl)(Cl)Cl. The molecule has 23 heavy (non-hydrogen) atoms. The predicted octanol–water partition coefficient (Wildman–Crippen LogP) is 9.00. The topological polar surface area (TPSA) is 0 Å². The minimum absolute atomic E-state index is 1.05. The van der Waals surface area contributed by atoms with Crippen LogP contribution in [0.4, 0.5) is 0 Å². The number of rotatable bonds is 17. The normalized spacial score (nSPS) is 12.3. The van der Waals surface area contributed by atoms with Crippen LogP contribution in [0.3, 0.4) is 0 Å². The van der Waals surface area contributed by atoms with E-state index in [2.05, 4.69) is 6.92 Å². The highest BCUT2D eigenvalue weighted by molar-refractivity contribution is 7.66. The van der Waals surface area contributed by atoms with Gasteiger partial charge in [-0.05, 0) is 12.8 Å². The van der Waals surface area contributed by atoms with Crippen LogP contribution in [-0.2, 0) is 0 Å². The molecule has 0 saturated carbocycles. The highest BCUT2D eigenvalue weighted by Gasteiger charge is 2.19. The fourth-order valence-electron chi connectivity index (χ4n) is 2.85. The first-order valence-corrected chi connectivity index (χ1v) is 14.9. The Bertz CT molecular complexity index is 262. The van der Waals surface area contributed by atoms with Gasteiger partial charge in [-0.15, -0.1) is 33.2 Å². The Morgan fingerprint density at radius 2 is 0.913 bits per heavy atom. The molecule has 0 aliphatic heterocycles. The maximum Gasteiger partial charge on any atom is 0.365 e. The molecule has 0 aromatic rings. The Morgan fingerprint density at radius 1 is 0.565 bits per heavy atom. The van der Waals surface area contributed by atoms with Crippen LogP contribution in [0.25, 0.3) is 0 Å². The molecule has 0 aromatic heterocycles. The molecule has 0 saturated heterocycles. The van der Waals surface area contributed by atoms with Gasteiger partial charge in [0.2, 0.25) is 0 Å². The second-order valence-electron chi connectivity index (χ2n) is 6.68. The van der Waals surface area contributed by atoms with Crippen molar-refractivity contribution in [1.29, 1.82) is 0 Å². The minimum atomic E-state index is -2.53. The summed E-state index contributed by atoms with van der Waals surface area (Å²) in [5, 5.41) is 0. The van der Waals surface area contributed by atoms with E-state index < -0.39 is 6.00 Å². The van der Waals surface area contributed by atoms with Gasteiger partial charge in [-0.3, -0.25) is 0 Å². The summed E-state index contributed by atoms with van der Waals surface area (Å²) in [6.45, 7) is 2.28. The van der Waals surface area contributed by atoms with Crippen LogP contribution in [0.5, 0.6) is 0 Å². The smallest absolute Gasteiger partial charge is 0.121 e. The fraction of sp³-hybridized carbons (Fsp3) is 0.895. The van der Waals surface area contributed by atoms with Crippen LogP contribution in [0.1, 0.15) is 110 Å². The van der Waals surface area contributed by atoms with Crippen molar-refractivity contribution in [3.8, 4) is 0 Å². The van der Waals surface area contributed by atoms with Gasteiger partial charge in [0.1, 0.15) is 0 Å². The van der Waals surface area contributed by atoms with Crippen LogP contribution in [-0.4, -0.2) is 6.00 Å². The first-order chi connectivity index (χ1) is 11.1. The van der Waals surface area contributed by atoms with Gasteiger partial charge in [-0.1, -0.05) is 109 Å². The lowest BCUT2D eigenvalue weighted by molar-refractivity contribution is 0.533. The second kappa shape index (κ2) is 17.6. The summed E-state index contributed by atoms with van der Waals surface area (Å²) in [6.07, 6.45) is 24.1. The fourth-order valence-corrected chi connectivity index (χ4v) is 4.09. The first kappa shape index (κ1) is 23.8. The number of unbranched alkanes of at least 4 members (excludes halogenated alkanes) is 15. The average Bonchev–Trinajstić information content (AvgIpc) is 2.49. The van der Waals surface area contributed by atoms with Gasteiger partial charge in [-0.2, -0.15) is 0 Å².